The van der Waals surface area contributed by atoms with Crippen molar-refractivity contribution in [3.05, 3.63) is 27.7 Å². The molecule has 2 unspecified atom stereocenters. The van der Waals surface area contributed by atoms with Crippen molar-refractivity contribution in [2.24, 2.45) is 11.7 Å². The minimum absolute atomic E-state index is 0.0373. The third-order valence-corrected chi connectivity index (χ3v) is 6.80. The summed E-state index contributed by atoms with van der Waals surface area (Å²) in [6.07, 6.45) is 2.85. The first-order valence-corrected chi connectivity index (χ1v) is 9.12. The molecule has 1 saturated carbocycles. The topological polar surface area (TPSA) is 63.4 Å². The van der Waals surface area contributed by atoms with Gasteiger partial charge in [0, 0.05) is 17.6 Å². The van der Waals surface area contributed by atoms with Crippen molar-refractivity contribution in [3.8, 4) is 0 Å². The Labute approximate surface area is 133 Å². The molecule has 1 aromatic rings. The predicted molar refractivity (Wildman–Crippen MR) is 84.3 cm³/mol. The number of halogens is 2. The van der Waals surface area contributed by atoms with Gasteiger partial charge >= 0.3 is 0 Å². The maximum Gasteiger partial charge on any atom is 0.244 e. The van der Waals surface area contributed by atoms with Crippen molar-refractivity contribution in [3.63, 3.8) is 0 Å². The van der Waals surface area contributed by atoms with Gasteiger partial charge in [0.05, 0.1) is 5.02 Å². The van der Waals surface area contributed by atoms with Gasteiger partial charge in [-0.2, -0.15) is 4.31 Å². The van der Waals surface area contributed by atoms with Crippen molar-refractivity contribution >= 4 is 37.6 Å². The van der Waals surface area contributed by atoms with Crippen LogP contribution in [-0.2, 0) is 10.0 Å². The molecular weight excluding hydrogens is 364 g/mol. The maximum absolute atomic E-state index is 12.7. The molecule has 112 valence electrons. The lowest BCUT2D eigenvalue weighted by atomic mass is 10.0. The molecule has 2 atom stereocenters. The van der Waals surface area contributed by atoms with E-state index in [0.29, 0.717) is 6.54 Å². The first-order valence-electron chi connectivity index (χ1n) is 6.51. The minimum Gasteiger partial charge on any atom is -0.330 e. The Morgan fingerprint density at radius 3 is 2.75 bits per heavy atom. The normalized spacial score (nSPS) is 23.4. The molecule has 4 nitrogen and oxygen atoms in total. The Morgan fingerprint density at radius 2 is 2.15 bits per heavy atom. The molecule has 1 aliphatic rings. The first kappa shape index (κ1) is 16.2. The summed E-state index contributed by atoms with van der Waals surface area (Å²) in [6.45, 7) is 0.512. The number of sulfonamides is 1. The second-order valence-electron chi connectivity index (χ2n) is 5.09. The molecule has 0 aliphatic heterocycles. The third-order valence-electron chi connectivity index (χ3n) is 3.94. The summed E-state index contributed by atoms with van der Waals surface area (Å²) in [5.41, 5.74) is 5.74. The molecule has 2 rings (SSSR count). The molecule has 2 N–H and O–H groups in total. The van der Waals surface area contributed by atoms with Gasteiger partial charge in [0.1, 0.15) is 4.90 Å². The molecule has 20 heavy (non-hydrogen) atoms. The molecule has 1 aromatic carbocycles. The molecule has 7 heteroatoms. The van der Waals surface area contributed by atoms with E-state index in [4.69, 9.17) is 17.3 Å². The average molecular weight is 382 g/mol. The molecular formula is C13H18BrClN2O2S. The molecule has 0 radical (unpaired) electrons. The van der Waals surface area contributed by atoms with Crippen LogP contribution in [0.3, 0.4) is 0 Å². The van der Waals surface area contributed by atoms with Crippen LogP contribution in [0.15, 0.2) is 27.6 Å². The van der Waals surface area contributed by atoms with Gasteiger partial charge in [0.25, 0.3) is 0 Å². The molecule has 1 fully saturated rings. The predicted octanol–water partition coefficient (Wildman–Crippen LogP) is 2.85. The third kappa shape index (κ3) is 3.04. The lowest BCUT2D eigenvalue weighted by Crippen LogP contribution is -2.41. The van der Waals surface area contributed by atoms with Crippen LogP contribution in [0.25, 0.3) is 0 Å². The monoisotopic (exact) mass is 380 g/mol. The zero-order valence-corrected chi connectivity index (χ0v) is 14.4. The van der Waals surface area contributed by atoms with Gasteiger partial charge in [-0.1, -0.05) is 34.0 Å². The van der Waals surface area contributed by atoms with Gasteiger partial charge in [-0.25, -0.2) is 8.42 Å². The van der Waals surface area contributed by atoms with E-state index in [1.165, 1.54) is 10.4 Å². The number of benzene rings is 1. The smallest absolute Gasteiger partial charge is 0.244 e. The number of nitrogens with two attached hydrogens (primary N) is 1. The van der Waals surface area contributed by atoms with Gasteiger partial charge < -0.3 is 5.73 Å². The minimum atomic E-state index is -3.59. The fourth-order valence-corrected chi connectivity index (χ4v) is 5.24. The van der Waals surface area contributed by atoms with Crippen LogP contribution in [0.4, 0.5) is 0 Å². The fourth-order valence-electron chi connectivity index (χ4n) is 2.79. The summed E-state index contributed by atoms with van der Waals surface area (Å²) in [7, 11) is -1.97. The molecule has 0 spiro atoms. The summed E-state index contributed by atoms with van der Waals surface area (Å²) in [4.78, 5) is 0.146. The van der Waals surface area contributed by atoms with E-state index in [1.54, 1.807) is 19.2 Å². The molecule has 0 saturated heterocycles. The summed E-state index contributed by atoms with van der Waals surface area (Å²) in [5.74, 6) is 0.226. The van der Waals surface area contributed by atoms with Crippen molar-refractivity contribution in [1.29, 1.82) is 0 Å². The zero-order valence-electron chi connectivity index (χ0n) is 11.2. The SMILES string of the molecule is CN(C1CCCC1CN)S(=O)(=O)c1ccc(Br)cc1Cl. The highest BCUT2D eigenvalue weighted by Gasteiger charge is 2.36. The summed E-state index contributed by atoms with van der Waals surface area (Å²) in [6, 6.07) is 4.77. The average Bonchev–Trinajstić information content (AvgIpc) is 2.85. The number of nitrogens with zero attached hydrogens (tertiary/aromatic N) is 1. The highest BCUT2D eigenvalue weighted by Crippen LogP contribution is 2.34. The Kier molecular flexibility index (Phi) is 5.13. The van der Waals surface area contributed by atoms with Crippen molar-refractivity contribution in [2.45, 2.75) is 30.2 Å². The Balaban J connectivity index is 2.34. The second-order valence-corrected chi connectivity index (χ2v) is 8.38. The van der Waals surface area contributed by atoms with Crippen LogP contribution in [-0.4, -0.2) is 32.4 Å². The van der Waals surface area contributed by atoms with Crippen molar-refractivity contribution in [2.75, 3.05) is 13.6 Å². The first-order chi connectivity index (χ1) is 9.37. The lowest BCUT2D eigenvalue weighted by Gasteiger charge is -2.28. The van der Waals surface area contributed by atoms with Crippen LogP contribution in [0, 0.1) is 5.92 Å². The number of rotatable bonds is 4. The Morgan fingerprint density at radius 1 is 1.45 bits per heavy atom. The standard InChI is InChI=1S/C13H18BrClN2O2S/c1-17(12-4-2-3-9(12)8-16)20(18,19)13-6-5-10(14)7-11(13)15/h5-7,9,12H,2-4,8,16H2,1H3. The number of hydrogen-bond donors (Lipinski definition) is 1. The Bertz CT molecular complexity index is 594. The fraction of sp³-hybridized carbons (Fsp3) is 0.538. The van der Waals surface area contributed by atoms with E-state index in [1.807, 2.05) is 0 Å². The Hall–Kier alpha value is -0.140. The van der Waals surface area contributed by atoms with Crippen molar-refractivity contribution < 1.29 is 8.42 Å². The highest BCUT2D eigenvalue weighted by atomic mass is 79.9. The summed E-state index contributed by atoms with van der Waals surface area (Å²) in [5, 5.41) is 0.230. The maximum atomic E-state index is 12.7. The van der Waals surface area contributed by atoms with Crippen LogP contribution in [0.2, 0.25) is 5.02 Å². The van der Waals surface area contributed by atoms with Crippen LogP contribution < -0.4 is 5.73 Å². The van der Waals surface area contributed by atoms with E-state index in [-0.39, 0.29) is 21.9 Å². The van der Waals surface area contributed by atoms with Gasteiger partial charge in [-0.15, -0.1) is 0 Å². The summed E-state index contributed by atoms with van der Waals surface area (Å²) < 4.78 is 27.6. The van der Waals surface area contributed by atoms with E-state index in [2.05, 4.69) is 15.9 Å². The largest absolute Gasteiger partial charge is 0.330 e. The van der Waals surface area contributed by atoms with Crippen LogP contribution in [0.5, 0.6) is 0 Å². The molecule has 1 aliphatic carbocycles. The molecule has 0 heterocycles. The van der Waals surface area contributed by atoms with Crippen molar-refractivity contribution in [1.82, 2.24) is 4.31 Å². The lowest BCUT2D eigenvalue weighted by molar-refractivity contribution is 0.304. The summed E-state index contributed by atoms with van der Waals surface area (Å²) >= 11 is 9.35. The van der Waals surface area contributed by atoms with Gasteiger partial charge in [0.2, 0.25) is 10.0 Å². The van der Waals surface area contributed by atoms with Gasteiger partial charge in [-0.05, 0) is 43.5 Å². The highest BCUT2D eigenvalue weighted by molar-refractivity contribution is 9.10. The van der Waals surface area contributed by atoms with Crippen LogP contribution in [0.1, 0.15) is 19.3 Å². The van der Waals surface area contributed by atoms with E-state index < -0.39 is 10.0 Å². The van der Waals surface area contributed by atoms with E-state index >= 15 is 0 Å². The molecule has 0 amide bonds. The second kappa shape index (κ2) is 6.32. The quantitative estimate of drug-likeness (QED) is 0.872. The van der Waals surface area contributed by atoms with Gasteiger partial charge in [0.15, 0.2) is 0 Å². The number of hydrogen-bond acceptors (Lipinski definition) is 3. The van der Waals surface area contributed by atoms with E-state index in [0.717, 1.165) is 23.7 Å². The zero-order chi connectivity index (χ0) is 14.9. The molecule has 0 aromatic heterocycles. The molecule has 0 bridgehead atoms. The van der Waals surface area contributed by atoms with Gasteiger partial charge in [-0.3, -0.25) is 0 Å². The van der Waals surface area contributed by atoms with E-state index in [9.17, 15) is 8.42 Å². The van der Waals surface area contributed by atoms with Crippen LogP contribution >= 0.6 is 27.5 Å².